The second kappa shape index (κ2) is 5.68. The molecule has 1 spiro atoms. The fourth-order valence-corrected chi connectivity index (χ4v) is 3.35. The zero-order chi connectivity index (χ0) is 14.9. The first-order valence-corrected chi connectivity index (χ1v) is 7.67. The van der Waals surface area contributed by atoms with Crippen molar-refractivity contribution in [2.75, 3.05) is 13.7 Å². The van der Waals surface area contributed by atoms with E-state index in [1.807, 2.05) is 12.1 Å². The maximum absolute atomic E-state index is 12.5. The van der Waals surface area contributed by atoms with Crippen molar-refractivity contribution >= 4 is 5.78 Å². The van der Waals surface area contributed by atoms with Gasteiger partial charge in [-0.3, -0.25) is 4.79 Å². The molecule has 1 fully saturated rings. The zero-order valence-corrected chi connectivity index (χ0v) is 12.7. The molecule has 0 aliphatic carbocycles. The molecule has 0 saturated carbocycles. The Kier molecular flexibility index (Phi) is 3.89. The molecule has 0 aromatic heterocycles. The molecule has 0 amide bonds. The molecule has 1 saturated heterocycles. The van der Waals surface area contributed by atoms with E-state index in [-0.39, 0.29) is 17.5 Å². The van der Waals surface area contributed by atoms with Crippen LogP contribution in [0.2, 0.25) is 0 Å². The smallest absolute Gasteiger partial charge is 0.170 e. The lowest BCUT2D eigenvalue weighted by molar-refractivity contribution is -0.0937. The number of carbonyl (C=O) groups excluding carboxylic acids is 1. The number of fused-ring (bicyclic) bond motifs is 1. The Bertz CT molecular complexity index is 538. The summed E-state index contributed by atoms with van der Waals surface area (Å²) in [5, 5.41) is 0. The fourth-order valence-electron chi connectivity index (χ4n) is 3.35. The lowest BCUT2D eigenvalue weighted by Gasteiger charge is -2.43. The Hall–Kier alpha value is -1.55. The second-order valence-electron chi connectivity index (χ2n) is 5.98. The molecule has 21 heavy (non-hydrogen) atoms. The Morgan fingerprint density at radius 3 is 3.05 bits per heavy atom. The molecule has 2 heterocycles. The number of benzene rings is 1. The zero-order valence-electron chi connectivity index (χ0n) is 12.7. The van der Waals surface area contributed by atoms with Gasteiger partial charge in [0.1, 0.15) is 17.1 Å². The lowest BCUT2D eigenvalue weighted by Crippen LogP contribution is -2.49. The largest absolute Gasteiger partial charge is 0.497 e. The molecule has 2 aliphatic heterocycles. The summed E-state index contributed by atoms with van der Waals surface area (Å²) in [6.45, 7) is 2.82. The van der Waals surface area contributed by atoms with Crippen molar-refractivity contribution in [2.45, 2.75) is 50.7 Å². The third-order valence-corrected chi connectivity index (χ3v) is 4.42. The fraction of sp³-hybridized carbons (Fsp3) is 0.588. The summed E-state index contributed by atoms with van der Waals surface area (Å²) in [6, 6.07) is 5.46. The predicted octanol–water partition coefficient (Wildman–Crippen LogP) is 3.38. The Morgan fingerprint density at radius 2 is 2.29 bits per heavy atom. The van der Waals surface area contributed by atoms with E-state index in [1.165, 1.54) is 0 Å². The summed E-state index contributed by atoms with van der Waals surface area (Å²) in [5.41, 5.74) is 0.259. The van der Waals surface area contributed by atoms with Gasteiger partial charge in [-0.2, -0.15) is 0 Å². The van der Waals surface area contributed by atoms with Crippen LogP contribution < -0.4 is 9.47 Å². The number of hydrogen-bond donors (Lipinski definition) is 0. The van der Waals surface area contributed by atoms with Gasteiger partial charge in [-0.1, -0.05) is 13.3 Å². The number of ether oxygens (including phenoxy) is 3. The first-order valence-electron chi connectivity index (χ1n) is 7.67. The molecular weight excluding hydrogens is 268 g/mol. The highest BCUT2D eigenvalue weighted by Crippen LogP contribution is 2.41. The standard InChI is InChI=1S/C17H22O4/c1-3-4-13-10-17(7-8-20-13)11-15(18)14-9-12(19-2)5-6-16(14)21-17/h5-6,9,13H,3-4,7-8,10-11H2,1-2H3. The molecule has 0 radical (unpaired) electrons. The molecule has 114 valence electrons. The quantitative estimate of drug-likeness (QED) is 0.856. The maximum Gasteiger partial charge on any atom is 0.170 e. The lowest BCUT2D eigenvalue weighted by atomic mass is 9.81. The summed E-state index contributed by atoms with van der Waals surface area (Å²) in [5.74, 6) is 1.52. The molecule has 2 atom stereocenters. The third kappa shape index (κ3) is 2.77. The van der Waals surface area contributed by atoms with Gasteiger partial charge in [0.15, 0.2) is 5.78 Å². The van der Waals surface area contributed by atoms with E-state index in [2.05, 4.69) is 6.92 Å². The summed E-state index contributed by atoms with van der Waals surface area (Å²) >= 11 is 0. The van der Waals surface area contributed by atoms with Gasteiger partial charge in [-0.25, -0.2) is 0 Å². The van der Waals surface area contributed by atoms with E-state index < -0.39 is 0 Å². The number of methoxy groups -OCH3 is 1. The average Bonchev–Trinajstić information content (AvgIpc) is 2.47. The molecule has 4 nitrogen and oxygen atoms in total. The van der Waals surface area contributed by atoms with Crippen LogP contribution in [0.15, 0.2) is 18.2 Å². The van der Waals surface area contributed by atoms with E-state index in [4.69, 9.17) is 14.2 Å². The van der Waals surface area contributed by atoms with E-state index >= 15 is 0 Å². The minimum absolute atomic E-state index is 0.146. The molecule has 2 unspecified atom stereocenters. The van der Waals surface area contributed by atoms with Crippen LogP contribution in [0.25, 0.3) is 0 Å². The number of hydrogen-bond acceptors (Lipinski definition) is 4. The summed E-state index contributed by atoms with van der Waals surface area (Å²) in [7, 11) is 1.60. The van der Waals surface area contributed by atoms with E-state index in [1.54, 1.807) is 13.2 Å². The number of carbonyl (C=O) groups is 1. The van der Waals surface area contributed by atoms with Crippen molar-refractivity contribution in [3.05, 3.63) is 23.8 Å². The minimum Gasteiger partial charge on any atom is -0.497 e. The summed E-state index contributed by atoms with van der Waals surface area (Å²) < 4.78 is 17.2. The minimum atomic E-state index is -0.378. The highest BCUT2D eigenvalue weighted by atomic mass is 16.5. The van der Waals surface area contributed by atoms with Crippen LogP contribution >= 0.6 is 0 Å². The van der Waals surface area contributed by atoms with Gasteiger partial charge >= 0.3 is 0 Å². The first kappa shape index (κ1) is 14.4. The van der Waals surface area contributed by atoms with Crippen molar-refractivity contribution in [1.29, 1.82) is 0 Å². The molecular formula is C17H22O4. The van der Waals surface area contributed by atoms with Gasteiger partial charge in [0.2, 0.25) is 0 Å². The summed E-state index contributed by atoms with van der Waals surface area (Å²) in [6.07, 6.45) is 4.34. The highest BCUT2D eigenvalue weighted by Gasteiger charge is 2.44. The van der Waals surface area contributed by atoms with Gasteiger partial charge in [-0.15, -0.1) is 0 Å². The van der Waals surface area contributed by atoms with Gasteiger partial charge in [0, 0.05) is 12.8 Å². The molecule has 4 heteroatoms. The maximum atomic E-state index is 12.5. The Labute approximate surface area is 125 Å². The third-order valence-electron chi connectivity index (χ3n) is 4.42. The molecule has 1 aromatic rings. The van der Waals surface area contributed by atoms with Crippen molar-refractivity contribution in [3.63, 3.8) is 0 Å². The van der Waals surface area contributed by atoms with Crippen molar-refractivity contribution in [3.8, 4) is 11.5 Å². The molecule has 1 aromatic carbocycles. The van der Waals surface area contributed by atoms with Crippen molar-refractivity contribution < 1.29 is 19.0 Å². The Morgan fingerprint density at radius 1 is 1.43 bits per heavy atom. The topological polar surface area (TPSA) is 44.8 Å². The van der Waals surface area contributed by atoms with Gasteiger partial charge in [0.05, 0.1) is 31.8 Å². The van der Waals surface area contributed by atoms with Gasteiger partial charge in [-0.05, 0) is 24.6 Å². The molecule has 2 aliphatic rings. The Balaban J connectivity index is 1.85. The van der Waals surface area contributed by atoms with E-state index in [0.717, 1.165) is 25.7 Å². The van der Waals surface area contributed by atoms with Crippen LogP contribution in [0.3, 0.4) is 0 Å². The van der Waals surface area contributed by atoms with Gasteiger partial charge in [0.25, 0.3) is 0 Å². The molecule has 0 N–H and O–H groups in total. The van der Waals surface area contributed by atoms with Crippen LogP contribution in [0.4, 0.5) is 0 Å². The van der Waals surface area contributed by atoms with E-state index in [9.17, 15) is 4.79 Å². The van der Waals surface area contributed by atoms with Crippen molar-refractivity contribution in [1.82, 2.24) is 0 Å². The monoisotopic (exact) mass is 290 g/mol. The second-order valence-corrected chi connectivity index (χ2v) is 5.98. The van der Waals surface area contributed by atoms with Crippen LogP contribution in [-0.4, -0.2) is 31.2 Å². The van der Waals surface area contributed by atoms with Crippen molar-refractivity contribution in [2.24, 2.45) is 0 Å². The molecule has 3 rings (SSSR count). The summed E-state index contributed by atoms with van der Waals surface area (Å²) in [4.78, 5) is 12.5. The van der Waals surface area contributed by atoms with Gasteiger partial charge < -0.3 is 14.2 Å². The number of rotatable bonds is 3. The normalized spacial score (nSPS) is 28.1. The highest BCUT2D eigenvalue weighted by molar-refractivity contribution is 6.00. The predicted molar refractivity (Wildman–Crippen MR) is 79.2 cm³/mol. The van der Waals surface area contributed by atoms with Crippen LogP contribution in [0, 0.1) is 0 Å². The van der Waals surface area contributed by atoms with Crippen LogP contribution in [-0.2, 0) is 4.74 Å². The SMILES string of the molecule is CCCC1CC2(CCO1)CC(=O)c1cc(OC)ccc1O2. The first-order chi connectivity index (χ1) is 10.2. The number of Topliss-reactive ketones (excluding diaryl/α,β-unsaturated/α-hetero) is 1. The van der Waals surface area contributed by atoms with Crippen LogP contribution in [0.1, 0.15) is 49.4 Å². The number of ketones is 1. The average molecular weight is 290 g/mol. The van der Waals surface area contributed by atoms with E-state index in [0.29, 0.717) is 30.1 Å². The van der Waals surface area contributed by atoms with Crippen LogP contribution in [0.5, 0.6) is 11.5 Å². The molecule has 0 bridgehead atoms.